The lowest BCUT2D eigenvalue weighted by atomic mass is 9.55. The predicted octanol–water partition coefficient (Wildman–Crippen LogP) is 6.29. The van der Waals surface area contributed by atoms with Crippen molar-refractivity contribution in [3.8, 4) is 5.75 Å². The Morgan fingerprint density at radius 3 is 2.93 bits per heavy atom. The molecule has 2 nitrogen and oxygen atoms in total. The largest absolute Gasteiger partial charge is 0.494 e. The lowest BCUT2D eigenvalue weighted by Gasteiger charge is -2.50. The Kier molecular flexibility index (Phi) is 5.64. The summed E-state index contributed by atoms with van der Waals surface area (Å²) in [7, 11) is 0. The zero-order valence-electron chi connectivity index (χ0n) is 17.2. The summed E-state index contributed by atoms with van der Waals surface area (Å²) in [6.45, 7) is 10.1. The molecule has 4 rings (SSSR count). The van der Waals surface area contributed by atoms with E-state index in [1.807, 2.05) is 6.08 Å². The Labute approximate surface area is 165 Å². The second kappa shape index (κ2) is 7.99. The molecular weight excluding hydrogens is 332 g/mol. The summed E-state index contributed by atoms with van der Waals surface area (Å²) in [5.41, 5.74) is 3.53. The minimum atomic E-state index is 0.366. The molecule has 3 unspecified atom stereocenters. The number of aryl methyl sites for hydroxylation is 1. The summed E-state index contributed by atoms with van der Waals surface area (Å²) in [5.74, 6) is 3.47. The topological polar surface area (TPSA) is 18.5 Å². The third-order valence-corrected chi connectivity index (χ3v) is 7.79. The second-order valence-electron chi connectivity index (χ2n) is 9.21. The number of benzene rings is 1. The van der Waals surface area contributed by atoms with E-state index in [2.05, 4.69) is 38.6 Å². The number of rotatable bonds is 7. The molecule has 3 aliphatic rings. The van der Waals surface area contributed by atoms with Gasteiger partial charge in [-0.15, -0.1) is 6.58 Å². The van der Waals surface area contributed by atoms with E-state index in [0.717, 1.165) is 36.5 Å². The van der Waals surface area contributed by atoms with Crippen LogP contribution in [0.3, 0.4) is 0 Å². The van der Waals surface area contributed by atoms with Crippen LogP contribution in [0.25, 0.3) is 0 Å². The maximum Gasteiger partial charge on any atom is 0.119 e. The minimum absolute atomic E-state index is 0.366. The van der Waals surface area contributed by atoms with Gasteiger partial charge in [-0.1, -0.05) is 32.4 Å². The molecular formula is C25H36O2. The van der Waals surface area contributed by atoms with Crippen molar-refractivity contribution in [2.24, 2.45) is 17.3 Å². The first-order valence-corrected chi connectivity index (χ1v) is 11.2. The highest BCUT2D eigenvalue weighted by Gasteiger charge is 2.55. The van der Waals surface area contributed by atoms with E-state index in [4.69, 9.17) is 9.47 Å². The van der Waals surface area contributed by atoms with Gasteiger partial charge in [-0.3, -0.25) is 0 Å². The lowest BCUT2D eigenvalue weighted by Crippen LogP contribution is -2.44. The molecule has 0 aromatic heterocycles. The zero-order valence-corrected chi connectivity index (χ0v) is 17.2. The number of hydrogen-bond donors (Lipinski definition) is 0. The highest BCUT2D eigenvalue weighted by molar-refractivity contribution is 5.40. The van der Waals surface area contributed by atoms with Crippen LogP contribution in [0.4, 0.5) is 0 Å². The van der Waals surface area contributed by atoms with Crippen LogP contribution in [0.2, 0.25) is 0 Å². The highest BCUT2D eigenvalue weighted by atomic mass is 16.5. The van der Waals surface area contributed by atoms with Gasteiger partial charge in [0.05, 0.1) is 19.3 Å². The van der Waals surface area contributed by atoms with E-state index < -0.39 is 0 Å². The smallest absolute Gasteiger partial charge is 0.119 e. The Morgan fingerprint density at radius 2 is 2.11 bits per heavy atom. The standard InChI is InChI=1S/C25H36O2/c1-4-6-16-26-19-8-10-20-18(17-19)7-9-22-21(20)13-14-25(3)23(22)11-12-24(25)27-15-5-2/h5,8,10,17,21-24H,2,4,6-7,9,11-16H2,1,3H3/t21?,22?,23?,24-,25-/m0/s1. The predicted molar refractivity (Wildman–Crippen MR) is 111 cm³/mol. The van der Waals surface area contributed by atoms with Crippen LogP contribution in [0.5, 0.6) is 5.75 Å². The van der Waals surface area contributed by atoms with Gasteiger partial charge in [0, 0.05) is 0 Å². The van der Waals surface area contributed by atoms with Gasteiger partial charge in [0.25, 0.3) is 0 Å². The molecule has 27 heavy (non-hydrogen) atoms. The summed E-state index contributed by atoms with van der Waals surface area (Å²) >= 11 is 0. The van der Waals surface area contributed by atoms with Crippen LogP contribution in [-0.2, 0) is 11.2 Å². The quantitative estimate of drug-likeness (QED) is 0.416. The van der Waals surface area contributed by atoms with E-state index in [-0.39, 0.29) is 0 Å². The van der Waals surface area contributed by atoms with Crippen LogP contribution in [-0.4, -0.2) is 19.3 Å². The first-order valence-electron chi connectivity index (χ1n) is 11.2. The Bertz CT molecular complexity index is 666. The Morgan fingerprint density at radius 1 is 1.22 bits per heavy atom. The fourth-order valence-electron chi connectivity index (χ4n) is 6.39. The number of fused-ring (bicyclic) bond motifs is 5. The maximum absolute atomic E-state index is 6.20. The molecule has 0 aliphatic heterocycles. The molecule has 0 saturated heterocycles. The van der Waals surface area contributed by atoms with Gasteiger partial charge in [-0.2, -0.15) is 0 Å². The third-order valence-electron chi connectivity index (χ3n) is 7.79. The molecule has 148 valence electrons. The molecule has 1 aromatic carbocycles. The van der Waals surface area contributed by atoms with Crippen LogP contribution < -0.4 is 4.74 Å². The Balaban J connectivity index is 1.50. The van der Waals surface area contributed by atoms with E-state index in [0.29, 0.717) is 18.1 Å². The molecule has 0 bridgehead atoms. The summed E-state index contributed by atoms with van der Waals surface area (Å²) in [4.78, 5) is 0. The van der Waals surface area contributed by atoms with Gasteiger partial charge in [0.15, 0.2) is 0 Å². The van der Waals surface area contributed by atoms with Gasteiger partial charge in [-0.05, 0) is 91.4 Å². The van der Waals surface area contributed by atoms with Crippen molar-refractivity contribution >= 4 is 0 Å². The van der Waals surface area contributed by atoms with Gasteiger partial charge in [-0.25, -0.2) is 0 Å². The van der Waals surface area contributed by atoms with Crippen molar-refractivity contribution in [2.45, 2.75) is 77.2 Å². The average Bonchev–Trinajstić information content (AvgIpc) is 3.02. The van der Waals surface area contributed by atoms with Gasteiger partial charge in [0.1, 0.15) is 5.75 Å². The van der Waals surface area contributed by atoms with Crippen molar-refractivity contribution in [2.75, 3.05) is 13.2 Å². The van der Waals surface area contributed by atoms with E-state index in [9.17, 15) is 0 Å². The summed E-state index contributed by atoms with van der Waals surface area (Å²) in [6, 6.07) is 6.94. The minimum Gasteiger partial charge on any atom is -0.494 e. The highest BCUT2D eigenvalue weighted by Crippen LogP contribution is 2.61. The van der Waals surface area contributed by atoms with E-state index >= 15 is 0 Å². The van der Waals surface area contributed by atoms with Gasteiger partial charge >= 0.3 is 0 Å². The van der Waals surface area contributed by atoms with Crippen LogP contribution in [0, 0.1) is 17.3 Å². The fraction of sp³-hybridized carbons (Fsp3) is 0.680. The molecule has 0 radical (unpaired) electrons. The second-order valence-corrected chi connectivity index (χ2v) is 9.21. The Hall–Kier alpha value is -1.28. The number of hydrogen-bond acceptors (Lipinski definition) is 2. The van der Waals surface area contributed by atoms with Gasteiger partial charge in [0.2, 0.25) is 0 Å². The number of ether oxygens (including phenoxy) is 2. The molecule has 2 saturated carbocycles. The summed E-state index contributed by atoms with van der Waals surface area (Å²) < 4.78 is 12.2. The van der Waals surface area contributed by atoms with E-state index in [1.54, 1.807) is 11.1 Å². The monoisotopic (exact) mass is 368 g/mol. The van der Waals surface area contributed by atoms with Crippen molar-refractivity contribution in [3.05, 3.63) is 42.0 Å². The molecule has 0 spiro atoms. The molecule has 2 heteroatoms. The normalized spacial score (nSPS) is 34.4. The molecule has 2 fully saturated rings. The van der Waals surface area contributed by atoms with Crippen molar-refractivity contribution in [3.63, 3.8) is 0 Å². The molecule has 5 atom stereocenters. The molecule has 0 amide bonds. The maximum atomic E-state index is 6.20. The van der Waals surface area contributed by atoms with Crippen LogP contribution >= 0.6 is 0 Å². The van der Waals surface area contributed by atoms with Crippen LogP contribution in [0.15, 0.2) is 30.9 Å². The van der Waals surface area contributed by atoms with E-state index in [1.165, 1.54) is 44.9 Å². The lowest BCUT2D eigenvalue weighted by molar-refractivity contribution is -0.0554. The van der Waals surface area contributed by atoms with Crippen LogP contribution in [0.1, 0.15) is 75.8 Å². The molecule has 0 heterocycles. The molecule has 3 aliphatic carbocycles. The number of unbranched alkanes of at least 4 members (excludes halogenated alkanes) is 1. The summed E-state index contributed by atoms with van der Waals surface area (Å²) in [6.07, 6.45) is 12.4. The molecule has 0 N–H and O–H groups in total. The average molecular weight is 369 g/mol. The summed E-state index contributed by atoms with van der Waals surface area (Å²) in [5, 5.41) is 0. The first kappa shape index (κ1) is 19.1. The van der Waals surface area contributed by atoms with Crippen molar-refractivity contribution < 1.29 is 9.47 Å². The van der Waals surface area contributed by atoms with Crippen molar-refractivity contribution in [1.82, 2.24) is 0 Å². The SMILES string of the molecule is C=CCO[C@H]1CCC2C3CCc4cc(OCCCC)ccc4C3CC[C@@]21C. The molecule has 1 aromatic rings. The third kappa shape index (κ3) is 3.46. The zero-order chi connectivity index (χ0) is 18.9. The van der Waals surface area contributed by atoms with Crippen molar-refractivity contribution in [1.29, 1.82) is 0 Å². The van der Waals surface area contributed by atoms with Gasteiger partial charge < -0.3 is 9.47 Å². The fourth-order valence-corrected chi connectivity index (χ4v) is 6.39. The first-order chi connectivity index (χ1) is 13.2.